The fourth-order valence-electron chi connectivity index (χ4n) is 3.38. The number of halogens is 3. The molecule has 0 aliphatic carbocycles. The lowest BCUT2D eigenvalue weighted by molar-refractivity contribution is -0.140. The smallest absolute Gasteiger partial charge is 0.244 e. The molecular weight excluding hydrogens is 521 g/mol. The molecule has 7 nitrogen and oxygen atoms in total. The van der Waals surface area contributed by atoms with Crippen molar-refractivity contribution in [1.29, 1.82) is 0 Å². The summed E-state index contributed by atoms with van der Waals surface area (Å²) in [6.45, 7) is 4.99. The van der Waals surface area contributed by atoms with Crippen molar-refractivity contribution in [2.24, 2.45) is 0 Å². The van der Waals surface area contributed by atoms with Gasteiger partial charge in [-0.05, 0) is 38.0 Å². The minimum Gasteiger partial charge on any atom is -0.352 e. The Hall–Kier alpha value is -2.00. The molecule has 2 rings (SSSR count). The van der Waals surface area contributed by atoms with Crippen molar-refractivity contribution in [2.75, 3.05) is 17.1 Å². The van der Waals surface area contributed by atoms with E-state index >= 15 is 0 Å². The molecule has 186 valence electrons. The van der Waals surface area contributed by atoms with Crippen molar-refractivity contribution in [3.63, 3.8) is 0 Å². The minimum atomic E-state index is -3.94. The highest BCUT2D eigenvalue weighted by molar-refractivity contribution is 7.92. The Balaban J connectivity index is 2.49. The van der Waals surface area contributed by atoms with Crippen LogP contribution in [-0.4, -0.2) is 50.0 Å². The van der Waals surface area contributed by atoms with Gasteiger partial charge in [0.1, 0.15) is 12.6 Å². The van der Waals surface area contributed by atoms with Gasteiger partial charge in [0.2, 0.25) is 21.8 Å². The van der Waals surface area contributed by atoms with Gasteiger partial charge in [-0.25, -0.2) is 8.42 Å². The predicted octanol–water partition coefficient (Wildman–Crippen LogP) is 4.74. The van der Waals surface area contributed by atoms with Crippen LogP contribution in [0.15, 0.2) is 42.5 Å². The average molecular weight is 549 g/mol. The normalized spacial score (nSPS) is 12.4. The summed E-state index contributed by atoms with van der Waals surface area (Å²) in [7, 11) is -3.94. The molecule has 0 radical (unpaired) electrons. The number of nitrogens with zero attached hydrogens (tertiary/aromatic N) is 2. The quantitative estimate of drug-likeness (QED) is 0.434. The molecule has 0 saturated heterocycles. The van der Waals surface area contributed by atoms with E-state index in [-0.39, 0.29) is 39.2 Å². The van der Waals surface area contributed by atoms with Crippen LogP contribution in [0.4, 0.5) is 5.69 Å². The molecule has 34 heavy (non-hydrogen) atoms. The average Bonchev–Trinajstić information content (AvgIpc) is 2.74. The van der Waals surface area contributed by atoms with E-state index in [1.165, 1.54) is 17.0 Å². The van der Waals surface area contributed by atoms with Crippen molar-refractivity contribution in [2.45, 2.75) is 45.8 Å². The van der Waals surface area contributed by atoms with Crippen molar-refractivity contribution < 1.29 is 18.0 Å². The number of rotatable bonds is 10. The summed E-state index contributed by atoms with van der Waals surface area (Å²) in [5.74, 6) is -0.887. The summed E-state index contributed by atoms with van der Waals surface area (Å²) >= 11 is 18.3. The van der Waals surface area contributed by atoms with E-state index < -0.39 is 28.5 Å². The Morgan fingerprint density at radius 1 is 1.00 bits per heavy atom. The molecule has 2 aromatic rings. The molecule has 0 heterocycles. The van der Waals surface area contributed by atoms with E-state index in [0.29, 0.717) is 6.42 Å². The van der Waals surface area contributed by atoms with Crippen molar-refractivity contribution >= 4 is 62.3 Å². The first-order valence-corrected chi connectivity index (χ1v) is 13.6. The Kier molecular flexibility index (Phi) is 10.1. The monoisotopic (exact) mass is 547 g/mol. The zero-order valence-electron chi connectivity index (χ0n) is 19.4. The largest absolute Gasteiger partial charge is 0.352 e. The lowest BCUT2D eigenvalue weighted by Crippen LogP contribution is -2.53. The fraction of sp³-hybridized carbons (Fsp3) is 0.391. The molecule has 1 atom stereocenters. The van der Waals surface area contributed by atoms with Crippen LogP contribution in [0.2, 0.25) is 15.1 Å². The van der Waals surface area contributed by atoms with Gasteiger partial charge in [0, 0.05) is 12.6 Å². The van der Waals surface area contributed by atoms with E-state index in [1.54, 1.807) is 6.92 Å². The van der Waals surface area contributed by atoms with E-state index in [2.05, 4.69) is 5.32 Å². The van der Waals surface area contributed by atoms with Crippen LogP contribution in [0.1, 0.15) is 32.8 Å². The number of amides is 2. The number of benzene rings is 2. The Bertz CT molecular complexity index is 1130. The van der Waals surface area contributed by atoms with Crippen LogP contribution in [0, 0.1) is 0 Å². The SMILES string of the molecule is CC[C@@H](C(=O)NC(C)C)N(Cc1ccccc1)C(=O)CN(c1cc(Cl)c(Cl)cc1Cl)S(C)(=O)=O. The van der Waals surface area contributed by atoms with Gasteiger partial charge in [-0.1, -0.05) is 72.1 Å². The van der Waals surface area contributed by atoms with Crippen molar-refractivity contribution in [3.05, 3.63) is 63.1 Å². The van der Waals surface area contributed by atoms with Gasteiger partial charge in [0.25, 0.3) is 0 Å². The van der Waals surface area contributed by atoms with Crippen LogP contribution in [0.3, 0.4) is 0 Å². The summed E-state index contributed by atoms with van der Waals surface area (Å²) in [6, 6.07) is 10.8. The first kappa shape index (κ1) is 28.2. The summed E-state index contributed by atoms with van der Waals surface area (Å²) in [5.41, 5.74) is 0.816. The van der Waals surface area contributed by atoms with Gasteiger partial charge in [0.05, 0.1) is 27.0 Å². The zero-order chi connectivity index (χ0) is 25.6. The molecule has 2 aromatic carbocycles. The molecule has 2 amide bonds. The molecule has 1 N–H and O–H groups in total. The Labute approximate surface area is 216 Å². The van der Waals surface area contributed by atoms with Crippen molar-refractivity contribution in [3.8, 4) is 0 Å². The van der Waals surface area contributed by atoms with Gasteiger partial charge in [0.15, 0.2) is 0 Å². The molecule has 0 aromatic heterocycles. The highest BCUT2D eigenvalue weighted by atomic mass is 35.5. The topological polar surface area (TPSA) is 86.8 Å². The van der Waals surface area contributed by atoms with E-state index in [0.717, 1.165) is 16.1 Å². The number of sulfonamides is 1. The van der Waals surface area contributed by atoms with Gasteiger partial charge in [-0.2, -0.15) is 0 Å². The van der Waals surface area contributed by atoms with E-state index in [9.17, 15) is 18.0 Å². The first-order valence-electron chi connectivity index (χ1n) is 10.6. The standard InChI is InChI=1S/C23H28Cl3N3O4S/c1-5-20(23(31)27-15(2)3)28(13-16-9-7-6-8-10-16)22(30)14-29(34(4,32)33)21-12-18(25)17(24)11-19(21)26/h6-12,15,20H,5,13-14H2,1-4H3,(H,27,31)/t20-/m0/s1. The molecular formula is C23H28Cl3N3O4S. The zero-order valence-corrected chi connectivity index (χ0v) is 22.5. The lowest BCUT2D eigenvalue weighted by Gasteiger charge is -2.33. The number of anilines is 1. The van der Waals surface area contributed by atoms with Crippen LogP contribution < -0.4 is 9.62 Å². The first-order chi connectivity index (χ1) is 15.8. The second-order valence-corrected chi connectivity index (χ2v) is 11.2. The van der Waals surface area contributed by atoms with Crippen molar-refractivity contribution in [1.82, 2.24) is 10.2 Å². The highest BCUT2D eigenvalue weighted by Crippen LogP contribution is 2.35. The molecule has 0 spiro atoms. The third-order valence-corrected chi connectivity index (χ3v) is 7.10. The summed E-state index contributed by atoms with van der Waals surface area (Å²) in [4.78, 5) is 27.9. The minimum absolute atomic E-state index is 0.0197. The number of hydrogen-bond acceptors (Lipinski definition) is 4. The Morgan fingerprint density at radius 3 is 2.12 bits per heavy atom. The number of carbonyl (C=O) groups is 2. The summed E-state index contributed by atoms with van der Waals surface area (Å²) < 4.78 is 26.2. The third kappa shape index (κ3) is 7.50. The molecule has 0 aliphatic heterocycles. The second-order valence-electron chi connectivity index (χ2n) is 8.08. The highest BCUT2D eigenvalue weighted by Gasteiger charge is 2.32. The predicted molar refractivity (Wildman–Crippen MR) is 138 cm³/mol. The number of nitrogens with one attached hydrogen (secondary N) is 1. The number of carbonyl (C=O) groups excluding carboxylic acids is 2. The summed E-state index contributed by atoms with van der Waals surface area (Å²) in [6.07, 6.45) is 1.30. The maximum atomic E-state index is 13.6. The summed E-state index contributed by atoms with van der Waals surface area (Å²) in [5, 5.41) is 3.09. The third-order valence-electron chi connectivity index (χ3n) is 4.95. The molecule has 0 saturated carbocycles. The maximum Gasteiger partial charge on any atom is 0.244 e. The Morgan fingerprint density at radius 2 is 1.59 bits per heavy atom. The fourth-order valence-corrected chi connectivity index (χ4v) is 4.92. The molecule has 0 fully saturated rings. The molecule has 11 heteroatoms. The molecule has 0 unspecified atom stereocenters. The van der Waals surface area contributed by atoms with Crippen LogP contribution in [-0.2, 0) is 26.2 Å². The molecule has 0 bridgehead atoms. The van der Waals surface area contributed by atoms with Gasteiger partial charge < -0.3 is 10.2 Å². The van der Waals surface area contributed by atoms with Gasteiger partial charge in [-0.3, -0.25) is 13.9 Å². The van der Waals surface area contributed by atoms with Crippen LogP contribution in [0.5, 0.6) is 0 Å². The lowest BCUT2D eigenvalue weighted by atomic mass is 10.1. The molecule has 0 aliphatic rings. The number of hydrogen-bond donors (Lipinski definition) is 1. The van der Waals surface area contributed by atoms with Crippen LogP contribution >= 0.6 is 34.8 Å². The second kappa shape index (κ2) is 12.1. The van der Waals surface area contributed by atoms with Gasteiger partial charge >= 0.3 is 0 Å². The van der Waals surface area contributed by atoms with Crippen LogP contribution in [0.25, 0.3) is 0 Å². The maximum absolute atomic E-state index is 13.6. The van der Waals surface area contributed by atoms with Gasteiger partial charge in [-0.15, -0.1) is 0 Å². The van der Waals surface area contributed by atoms with E-state index in [4.69, 9.17) is 34.8 Å². The van der Waals surface area contributed by atoms with E-state index in [1.807, 2.05) is 44.2 Å².